The van der Waals surface area contributed by atoms with Gasteiger partial charge >= 0.3 is 0 Å². The van der Waals surface area contributed by atoms with E-state index in [1.807, 2.05) is 12.1 Å². The predicted molar refractivity (Wildman–Crippen MR) is 152 cm³/mol. The molecule has 5 nitrogen and oxygen atoms in total. The highest BCUT2D eigenvalue weighted by molar-refractivity contribution is 7.97. The predicted octanol–water partition coefficient (Wildman–Crippen LogP) is 7.26. The van der Waals surface area contributed by atoms with Gasteiger partial charge in [-0.15, -0.1) is 0 Å². The largest absolute Gasteiger partial charge is 0.343 e. The van der Waals surface area contributed by atoms with Gasteiger partial charge in [0.2, 0.25) is 10.0 Å². The molecule has 36 heavy (non-hydrogen) atoms. The molecule has 2 aromatic rings. The second-order valence-corrected chi connectivity index (χ2v) is 14.6. The first-order valence-corrected chi connectivity index (χ1v) is 16.1. The van der Waals surface area contributed by atoms with E-state index in [0.29, 0.717) is 10.8 Å². The smallest absolute Gasteiger partial charge is 0.243 e. The Kier molecular flexibility index (Phi) is 8.65. The van der Waals surface area contributed by atoms with Gasteiger partial charge in [0.25, 0.3) is 0 Å². The van der Waals surface area contributed by atoms with E-state index in [2.05, 4.69) is 44.4 Å². The summed E-state index contributed by atoms with van der Waals surface area (Å²) in [6.07, 6.45) is 11.8. The highest BCUT2D eigenvalue weighted by atomic mass is 32.2. The summed E-state index contributed by atoms with van der Waals surface area (Å²) in [5, 5.41) is 6.05. The molecule has 200 valence electrons. The van der Waals surface area contributed by atoms with Crippen LogP contribution in [0.4, 0.5) is 0 Å². The molecule has 0 atom stereocenters. The Labute approximate surface area is 223 Å². The first-order valence-electron chi connectivity index (χ1n) is 13.7. The van der Waals surface area contributed by atoms with Crippen molar-refractivity contribution in [1.29, 1.82) is 0 Å². The van der Waals surface area contributed by atoms with Crippen LogP contribution in [0.15, 0.2) is 34.1 Å². The molecule has 0 bridgehead atoms. The Bertz CT molecular complexity index is 1150. The zero-order valence-electron chi connectivity index (χ0n) is 22.8. The summed E-state index contributed by atoms with van der Waals surface area (Å²) in [6, 6.07) is 8.27. The average Bonchev–Trinajstić information content (AvgIpc) is 3.18. The molecule has 2 aliphatic carbocycles. The van der Waals surface area contributed by atoms with Crippen LogP contribution in [0.2, 0.25) is 0 Å². The van der Waals surface area contributed by atoms with Crippen molar-refractivity contribution in [1.82, 2.24) is 8.87 Å². The molecule has 0 spiro atoms. The van der Waals surface area contributed by atoms with Gasteiger partial charge in [-0.1, -0.05) is 65.4 Å². The van der Waals surface area contributed by atoms with Gasteiger partial charge in [-0.3, -0.25) is 5.14 Å². The van der Waals surface area contributed by atoms with Gasteiger partial charge < -0.3 is 4.57 Å². The van der Waals surface area contributed by atoms with Crippen molar-refractivity contribution < 1.29 is 8.42 Å². The lowest BCUT2D eigenvalue weighted by molar-refractivity contribution is 0.285. The quantitative estimate of drug-likeness (QED) is 0.382. The Hall–Kier alpha value is -1.28. The monoisotopic (exact) mass is 531 g/mol. The fourth-order valence-electron chi connectivity index (χ4n) is 6.14. The highest BCUT2D eigenvalue weighted by Gasteiger charge is 2.33. The Morgan fingerprint density at radius 3 is 2.19 bits per heavy atom. The minimum absolute atomic E-state index is 0.0933. The Morgan fingerprint density at radius 1 is 1.00 bits per heavy atom. The van der Waals surface area contributed by atoms with Gasteiger partial charge in [0.1, 0.15) is 0 Å². The van der Waals surface area contributed by atoms with Crippen LogP contribution in [0.25, 0.3) is 11.3 Å². The molecule has 2 aliphatic rings. The van der Waals surface area contributed by atoms with Gasteiger partial charge in [0.05, 0.1) is 4.90 Å². The zero-order chi connectivity index (χ0) is 26.1. The molecule has 1 aromatic carbocycles. The number of rotatable bonds is 7. The fraction of sp³-hybridized carbons (Fsp3) is 0.655. The first kappa shape index (κ1) is 27.7. The lowest BCUT2D eigenvalue weighted by Gasteiger charge is -2.32. The minimum atomic E-state index is -3.59. The minimum Gasteiger partial charge on any atom is -0.343 e. The van der Waals surface area contributed by atoms with Crippen molar-refractivity contribution in [3.63, 3.8) is 0 Å². The number of hydrogen-bond donors (Lipinski definition) is 1. The highest BCUT2D eigenvalue weighted by Crippen LogP contribution is 2.38. The molecular weight excluding hydrogens is 486 g/mol. The first-order chi connectivity index (χ1) is 17.0. The summed E-state index contributed by atoms with van der Waals surface area (Å²) in [6.45, 7) is 9.49. The van der Waals surface area contributed by atoms with Gasteiger partial charge in [-0.05, 0) is 85.2 Å². The van der Waals surface area contributed by atoms with E-state index >= 15 is 0 Å². The molecule has 0 saturated heterocycles. The summed E-state index contributed by atoms with van der Waals surface area (Å²) < 4.78 is 31.8. The number of sulfonamides is 1. The SMILES string of the molecule is Cc1c(SN)cc(-c2ccc(S(=O)(=O)N(C)C3CCCCC3)c(C(C)(C)C)c2)n1CC1CCCCC1. The van der Waals surface area contributed by atoms with Crippen LogP contribution in [0, 0.1) is 12.8 Å². The van der Waals surface area contributed by atoms with Crippen molar-refractivity contribution in [3.05, 3.63) is 35.5 Å². The third kappa shape index (κ3) is 5.74. The van der Waals surface area contributed by atoms with Crippen LogP contribution in [-0.2, 0) is 22.0 Å². The molecule has 2 saturated carbocycles. The number of benzene rings is 1. The maximum Gasteiger partial charge on any atom is 0.243 e. The molecule has 1 heterocycles. The molecule has 0 aliphatic heterocycles. The lowest BCUT2D eigenvalue weighted by atomic mass is 9.85. The number of nitrogens with zero attached hydrogens (tertiary/aromatic N) is 2. The normalized spacial score (nSPS) is 18.8. The third-order valence-electron chi connectivity index (χ3n) is 8.44. The van der Waals surface area contributed by atoms with Gasteiger partial charge in [0, 0.05) is 35.9 Å². The van der Waals surface area contributed by atoms with E-state index in [9.17, 15) is 8.42 Å². The molecule has 2 fully saturated rings. The molecule has 1 aromatic heterocycles. The maximum absolute atomic E-state index is 13.9. The molecular formula is C29H45N3O2S2. The van der Waals surface area contributed by atoms with Crippen LogP contribution in [0.5, 0.6) is 0 Å². The molecule has 0 radical (unpaired) electrons. The number of hydrogen-bond acceptors (Lipinski definition) is 4. The Morgan fingerprint density at radius 2 is 1.61 bits per heavy atom. The maximum atomic E-state index is 13.9. The fourth-order valence-corrected chi connectivity index (χ4v) is 8.40. The van der Waals surface area contributed by atoms with E-state index in [1.165, 1.54) is 56.2 Å². The van der Waals surface area contributed by atoms with Crippen LogP contribution in [0.3, 0.4) is 0 Å². The summed E-state index contributed by atoms with van der Waals surface area (Å²) in [4.78, 5) is 1.54. The number of aromatic nitrogens is 1. The van der Waals surface area contributed by atoms with E-state index in [4.69, 9.17) is 5.14 Å². The third-order valence-corrected chi connectivity index (χ3v) is 11.1. The average molecular weight is 532 g/mol. The van der Waals surface area contributed by atoms with Crippen LogP contribution in [0.1, 0.15) is 96.2 Å². The van der Waals surface area contributed by atoms with Crippen LogP contribution >= 0.6 is 11.9 Å². The summed E-state index contributed by atoms with van der Waals surface area (Å²) >= 11 is 1.30. The lowest BCUT2D eigenvalue weighted by Crippen LogP contribution is -2.39. The molecule has 2 N–H and O–H groups in total. The van der Waals surface area contributed by atoms with E-state index in [-0.39, 0.29) is 11.5 Å². The van der Waals surface area contributed by atoms with Crippen molar-refractivity contribution >= 4 is 22.0 Å². The van der Waals surface area contributed by atoms with Gasteiger partial charge in [0.15, 0.2) is 0 Å². The van der Waals surface area contributed by atoms with Crippen molar-refractivity contribution in [2.24, 2.45) is 11.1 Å². The summed E-state index contributed by atoms with van der Waals surface area (Å²) in [5.41, 5.74) is 3.98. The van der Waals surface area contributed by atoms with Gasteiger partial charge in [-0.25, -0.2) is 8.42 Å². The molecule has 0 amide bonds. The number of nitrogens with two attached hydrogens (primary N) is 1. The zero-order valence-corrected chi connectivity index (χ0v) is 24.5. The standard InChI is InChI=1S/C29H45N3O2S2/c1-21-27(35-30)19-26(32(21)20-22-12-8-6-9-13-22)23-16-17-28(25(18-23)29(2,3)4)36(33,34)31(5)24-14-10-7-11-15-24/h16-19,22,24H,6-15,20,30H2,1-5H3. The van der Waals surface area contributed by atoms with Crippen LogP contribution < -0.4 is 5.14 Å². The Balaban J connectivity index is 1.76. The van der Waals surface area contributed by atoms with E-state index < -0.39 is 10.0 Å². The second-order valence-electron chi connectivity index (χ2n) is 12.0. The van der Waals surface area contributed by atoms with E-state index in [0.717, 1.165) is 53.9 Å². The topological polar surface area (TPSA) is 68.3 Å². The van der Waals surface area contributed by atoms with Crippen molar-refractivity contribution in [2.75, 3.05) is 7.05 Å². The van der Waals surface area contributed by atoms with Crippen molar-refractivity contribution in [3.8, 4) is 11.3 Å². The second kappa shape index (κ2) is 11.2. The summed E-state index contributed by atoms with van der Waals surface area (Å²) in [5.74, 6) is 0.685. The molecule has 0 unspecified atom stereocenters. The molecule has 4 rings (SSSR count). The van der Waals surface area contributed by atoms with Crippen molar-refractivity contribution in [2.45, 2.75) is 120 Å². The summed E-state index contributed by atoms with van der Waals surface area (Å²) in [7, 11) is -1.82. The van der Waals surface area contributed by atoms with Crippen LogP contribution in [-0.4, -0.2) is 30.4 Å². The van der Waals surface area contributed by atoms with Gasteiger partial charge in [-0.2, -0.15) is 4.31 Å². The molecule has 7 heteroatoms. The van der Waals surface area contributed by atoms with E-state index in [1.54, 1.807) is 11.4 Å².